The lowest BCUT2D eigenvalue weighted by Crippen LogP contribution is -2.01. The van der Waals surface area contributed by atoms with E-state index in [1.54, 1.807) is 18.2 Å². The van der Waals surface area contributed by atoms with Gasteiger partial charge in [-0.15, -0.1) is 0 Å². The monoisotopic (exact) mass is 304 g/mol. The van der Waals surface area contributed by atoms with Crippen molar-refractivity contribution in [3.05, 3.63) is 53.3 Å². The Kier molecular flexibility index (Phi) is 4.55. The lowest BCUT2D eigenvalue weighted by Gasteiger charge is -2.09. The molecule has 2 rings (SSSR count). The molecule has 0 bridgehead atoms. The fourth-order valence-corrected chi connectivity index (χ4v) is 2.96. The summed E-state index contributed by atoms with van der Waals surface area (Å²) in [5.41, 5.74) is 6.49. The van der Waals surface area contributed by atoms with E-state index in [1.807, 2.05) is 6.07 Å². The van der Waals surface area contributed by atoms with E-state index in [0.717, 1.165) is 6.07 Å². The van der Waals surface area contributed by atoms with Crippen molar-refractivity contribution < 1.29 is 13.3 Å². The molecule has 108 valence electrons. The lowest BCUT2D eigenvalue weighted by molar-refractivity contribution is 0.411. The molecule has 2 aromatic carbocycles. The van der Waals surface area contributed by atoms with E-state index >= 15 is 0 Å². The highest BCUT2D eigenvalue weighted by atomic mass is 32.2. The molecule has 1 atom stereocenters. The average Bonchev–Trinajstić information content (AvgIpc) is 2.49. The molecule has 0 radical (unpaired) electrons. The molecule has 0 heterocycles. The summed E-state index contributed by atoms with van der Waals surface area (Å²) in [6.45, 7) is 0. The molecule has 0 amide bonds. The summed E-state index contributed by atoms with van der Waals surface area (Å²) in [5, 5.41) is 8.91. The van der Waals surface area contributed by atoms with Crippen LogP contribution in [-0.4, -0.2) is 11.3 Å². The van der Waals surface area contributed by atoms with Gasteiger partial charge in [0.1, 0.15) is 11.6 Å². The van der Waals surface area contributed by atoms with Gasteiger partial charge in [0.2, 0.25) is 0 Å². The molecule has 21 heavy (non-hydrogen) atoms. The minimum atomic E-state index is -1.46. The number of hydrogen-bond donors (Lipinski definition) is 1. The number of benzene rings is 2. The molecule has 0 saturated carbocycles. The van der Waals surface area contributed by atoms with E-state index in [1.165, 1.54) is 19.2 Å². The largest absolute Gasteiger partial charge is 0.496 e. The van der Waals surface area contributed by atoms with Gasteiger partial charge < -0.3 is 10.5 Å². The standard InChI is InChI=1S/C15H13FN2O2S/c1-20-15-5-2-10(8-17)6-11(15)9-21(19)12-3-4-14(18)13(16)7-12/h2-7H,9,18H2,1H3. The number of nitrogens with two attached hydrogens (primary N) is 1. The molecule has 2 aromatic rings. The molecule has 6 heteroatoms. The van der Waals surface area contributed by atoms with Crippen LogP contribution in [0.2, 0.25) is 0 Å². The molecule has 0 aliphatic carbocycles. The van der Waals surface area contributed by atoms with Crippen molar-refractivity contribution in [1.82, 2.24) is 0 Å². The zero-order valence-corrected chi connectivity index (χ0v) is 12.1. The van der Waals surface area contributed by atoms with Gasteiger partial charge >= 0.3 is 0 Å². The first-order chi connectivity index (χ1) is 10.0. The van der Waals surface area contributed by atoms with E-state index in [2.05, 4.69) is 0 Å². The van der Waals surface area contributed by atoms with Gasteiger partial charge in [0, 0.05) is 10.5 Å². The Hall–Kier alpha value is -2.39. The Labute approximate surface area is 124 Å². The predicted octanol–water partition coefficient (Wildman–Crippen LogP) is 2.60. The summed E-state index contributed by atoms with van der Waals surface area (Å²) in [7, 11) is 0.0367. The van der Waals surface area contributed by atoms with Gasteiger partial charge in [-0.1, -0.05) is 0 Å². The molecule has 0 aliphatic rings. The Morgan fingerprint density at radius 3 is 2.71 bits per heavy atom. The summed E-state index contributed by atoms with van der Waals surface area (Å²) in [6, 6.07) is 11.0. The maximum Gasteiger partial charge on any atom is 0.147 e. The second-order valence-corrected chi connectivity index (χ2v) is 5.76. The van der Waals surface area contributed by atoms with E-state index in [0.29, 0.717) is 21.8 Å². The summed E-state index contributed by atoms with van der Waals surface area (Å²) in [4.78, 5) is 0.339. The second-order valence-electron chi connectivity index (χ2n) is 4.31. The van der Waals surface area contributed by atoms with E-state index < -0.39 is 16.6 Å². The molecule has 0 fully saturated rings. The summed E-state index contributed by atoms with van der Waals surface area (Å²) < 4.78 is 30.9. The van der Waals surface area contributed by atoms with E-state index in [9.17, 15) is 8.60 Å². The predicted molar refractivity (Wildman–Crippen MR) is 78.6 cm³/mol. The third-order valence-electron chi connectivity index (χ3n) is 2.93. The minimum Gasteiger partial charge on any atom is -0.496 e. The van der Waals surface area contributed by atoms with E-state index in [4.69, 9.17) is 15.7 Å². The number of rotatable bonds is 4. The normalized spacial score (nSPS) is 11.7. The van der Waals surface area contributed by atoms with Crippen LogP contribution in [0.5, 0.6) is 5.75 Å². The maximum atomic E-state index is 13.4. The Balaban J connectivity index is 2.30. The van der Waals surface area contributed by atoms with Crippen LogP contribution in [0.15, 0.2) is 41.3 Å². The van der Waals surface area contributed by atoms with E-state index in [-0.39, 0.29) is 11.4 Å². The van der Waals surface area contributed by atoms with Crippen LogP contribution in [0.4, 0.5) is 10.1 Å². The quantitative estimate of drug-likeness (QED) is 0.881. The number of nitrogens with zero attached hydrogens (tertiary/aromatic N) is 1. The minimum absolute atomic E-state index is 0.0137. The zero-order chi connectivity index (χ0) is 15.4. The van der Waals surface area contributed by atoms with Crippen molar-refractivity contribution in [2.24, 2.45) is 0 Å². The van der Waals surface area contributed by atoms with Crippen LogP contribution in [0.25, 0.3) is 0 Å². The van der Waals surface area contributed by atoms with Crippen LogP contribution < -0.4 is 10.5 Å². The van der Waals surface area contributed by atoms with Gasteiger partial charge in [-0.2, -0.15) is 5.26 Å². The van der Waals surface area contributed by atoms with Gasteiger partial charge in [0.15, 0.2) is 0 Å². The van der Waals surface area contributed by atoms with Crippen molar-refractivity contribution in [2.45, 2.75) is 10.6 Å². The molecule has 0 spiro atoms. The zero-order valence-electron chi connectivity index (χ0n) is 11.3. The lowest BCUT2D eigenvalue weighted by atomic mass is 10.1. The summed E-state index contributed by atoms with van der Waals surface area (Å²) >= 11 is 0. The maximum absolute atomic E-state index is 13.4. The molecule has 0 aromatic heterocycles. The average molecular weight is 304 g/mol. The number of nitriles is 1. The molecule has 0 saturated heterocycles. The van der Waals surface area contributed by atoms with Gasteiger partial charge in [0.05, 0.1) is 41.0 Å². The number of nitrogen functional groups attached to an aromatic ring is 1. The summed E-state index contributed by atoms with van der Waals surface area (Å²) in [5.74, 6) is 0.0686. The Bertz CT molecular complexity index is 741. The molecule has 1 unspecified atom stereocenters. The fourth-order valence-electron chi connectivity index (χ4n) is 1.83. The highest BCUT2D eigenvalue weighted by Crippen LogP contribution is 2.24. The number of ether oxygens (including phenoxy) is 1. The first-order valence-electron chi connectivity index (χ1n) is 6.05. The van der Waals surface area contributed by atoms with Gasteiger partial charge in [-0.05, 0) is 36.4 Å². The van der Waals surface area contributed by atoms with Crippen LogP contribution in [0.1, 0.15) is 11.1 Å². The highest BCUT2D eigenvalue weighted by molar-refractivity contribution is 7.84. The topological polar surface area (TPSA) is 76.1 Å². The Morgan fingerprint density at radius 2 is 2.10 bits per heavy atom. The third-order valence-corrected chi connectivity index (χ3v) is 4.28. The molecular formula is C15H13FN2O2S. The van der Waals surface area contributed by atoms with Gasteiger partial charge in [0.25, 0.3) is 0 Å². The third kappa shape index (κ3) is 3.38. The Morgan fingerprint density at radius 1 is 1.33 bits per heavy atom. The smallest absolute Gasteiger partial charge is 0.147 e. The van der Waals surface area contributed by atoms with Crippen LogP contribution >= 0.6 is 0 Å². The van der Waals surface area contributed by atoms with Gasteiger partial charge in [-0.3, -0.25) is 4.21 Å². The molecular weight excluding hydrogens is 291 g/mol. The first-order valence-corrected chi connectivity index (χ1v) is 7.37. The fraction of sp³-hybridized carbons (Fsp3) is 0.133. The molecule has 2 N–H and O–H groups in total. The van der Waals surface area contributed by atoms with Crippen molar-refractivity contribution >= 4 is 16.5 Å². The van der Waals surface area contributed by atoms with Crippen LogP contribution in [-0.2, 0) is 16.6 Å². The van der Waals surface area contributed by atoms with Crippen LogP contribution in [0, 0.1) is 17.1 Å². The number of halogens is 1. The highest BCUT2D eigenvalue weighted by Gasteiger charge is 2.12. The van der Waals surface area contributed by atoms with Crippen LogP contribution in [0.3, 0.4) is 0 Å². The second kappa shape index (κ2) is 6.37. The number of hydrogen-bond acceptors (Lipinski definition) is 4. The number of methoxy groups -OCH3 is 1. The summed E-state index contributed by atoms with van der Waals surface area (Å²) in [6.07, 6.45) is 0. The first kappa shape index (κ1) is 15.0. The molecule has 0 aliphatic heterocycles. The van der Waals surface area contributed by atoms with Crippen molar-refractivity contribution in [1.29, 1.82) is 5.26 Å². The number of anilines is 1. The molecule has 4 nitrogen and oxygen atoms in total. The van der Waals surface area contributed by atoms with Crippen molar-refractivity contribution in [3.8, 4) is 11.8 Å². The van der Waals surface area contributed by atoms with Crippen molar-refractivity contribution in [3.63, 3.8) is 0 Å². The SMILES string of the molecule is COc1ccc(C#N)cc1CS(=O)c1ccc(N)c(F)c1. The van der Waals surface area contributed by atoms with Crippen molar-refractivity contribution in [2.75, 3.05) is 12.8 Å². The van der Waals surface area contributed by atoms with Gasteiger partial charge in [-0.25, -0.2) is 4.39 Å².